The van der Waals surface area contributed by atoms with Gasteiger partial charge in [-0.15, -0.1) is 0 Å². The Morgan fingerprint density at radius 2 is 2.50 bits per heavy atom. The van der Waals surface area contributed by atoms with E-state index in [2.05, 4.69) is 24.2 Å². The second-order valence-electron chi connectivity index (χ2n) is 4.09. The van der Waals surface area contributed by atoms with E-state index in [9.17, 15) is 0 Å². The van der Waals surface area contributed by atoms with Gasteiger partial charge in [0.05, 0.1) is 12.8 Å². The number of rotatable bonds is 3. The Bertz CT molecular complexity index is 289. The first kappa shape index (κ1) is 9.74. The van der Waals surface area contributed by atoms with Crippen LogP contribution in [0.1, 0.15) is 17.7 Å². The summed E-state index contributed by atoms with van der Waals surface area (Å²) in [6, 6.07) is 2.69. The van der Waals surface area contributed by atoms with Crippen molar-refractivity contribution in [3.63, 3.8) is 0 Å². The maximum absolute atomic E-state index is 5.43. The molecule has 3 nitrogen and oxygen atoms in total. The van der Waals surface area contributed by atoms with Crippen LogP contribution in [0.2, 0.25) is 0 Å². The van der Waals surface area contributed by atoms with Crippen LogP contribution in [-0.2, 0) is 6.54 Å². The van der Waals surface area contributed by atoms with Gasteiger partial charge >= 0.3 is 0 Å². The maximum Gasteiger partial charge on any atom is 0.120 e. The predicted octanol–water partition coefficient (Wildman–Crippen LogP) is 1.38. The Balaban J connectivity index is 1.93. The third-order valence-corrected chi connectivity index (χ3v) is 3.02. The van der Waals surface area contributed by atoms with Gasteiger partial charge in [-0.3, -0.25) is 4.90 Å². The van der Waals surface area contributed by atoms with Gasteiger partial charge in [0.15, 0.2) is 0 Å². The van der Waals surface area contributed by atoms with Gasteiger partial charge in [-0.2, -0.15) is 0 Å². The van der Waals surface area contributed by atoms with Gasteiger partial charge in [0.2, 0.25) is 0 Å². The van der Waals surface area contributed by atoms with Gasteiger partial charge in [-0.05, 0) is 38.6 Å². The zero-order chi connectivity index (χ0) is 9.97. The molecule has 1 N–H and O–H groups in total. The summed E-state index contributed by atoms with van der Waals surface area (Å²) in [5.41, 5.74) is 1.25. The minimum Gasteiger partial charge on any atom is -0.468 e. The maximum atomic E-state index is 5.43. The highest BCUT2D eigenvalue weighted by molar-refractivity contribution is 5.14. The van der Waals surface area contributed by atoms with E-state index in [1.165, 1.54) is 12.0 Å². The molecule has 0 amide bonds. The number of hydrogen-bond donors (Lipinski definition) is 1. The first-order chi connectivity index (χ1) is 6.77. The summed E-state index contributed by atoms with van der Waals surface area (Å²) in [5.74, 6) is 1.10. The zero-order valence-corrected chi connectivity index (χ0v) is 8.92. The van der Waals surface area contributed by atoms with Crippen LogP contribution in [0, 0.1) is 6.92 Å². The van der Waals surface area contributed by atoms with Gasteiger partial charge in [-0.1, -0.05) is 0 Å². The molecule has 1 unspecified atom stereocenters. The van der Waals surface area contributed by atoms with E-state index < -0.39 is 0 Å². The molecule has 0 saturated carbocycles. The summed E-state index contributed by atoms with van der Waals surface area (Å²) in [6.45, 7) is 5.27. The SMILES string of the molecule is Cc1ccoc1CN(C)C1CCNC1. The van der Waals surface area contributed by atoms with Crippen LogP contribution >= 0.6 is 0 Å². The largest absolute Gasteiger partial charge is 0.468 e. The second-order valence-corrected chi connectivity index (χ2v) is 4.09. The van der Waals surface area contributed by atoms with E-state index in [-0.39, 0.29) is 0 Å². The zero-order valence-electron chi connectivity index (χ0n) is 8.92. The molecule has 2 heterocycles. The van der Waals surface area contributed by atoms with Crippen molar-refractivity contribution in [2.24, 2.45) is 0 Å². The Kier molecular flexibility index (Phi) is 2.89. The fourth-order valence-corrected chi connectivity index (χ4v) is 1.94. The van der Waals surface area contributed by atoms with E-state index in [1.807, 2.05) is 6.07 Å². The lowest BCUT2D eigenvalue weighted by atomic mass is 10.2. The average molecular weight is 194 g/mol. The molecular weight excluding hydrogens is 176 g/mol. The molecule has 0 spiro atoms. The summed E-state index contributed by atoms with van der Waals surface area (Å²) in [4.78, 5) is 2.37. The Labute approximate surface area is 85.1 Å². The van der Waals surface area contributed by atoms with Crippen molar-refractivity contribution < 1.29 is 4.42 Å². The summed E-state index contributed by atoms with van der Waals surface area (Å²) in [5, 5.41) is 3.38. The molecule has 1 atom stereocenters. The summed E-state index contributed by atoms with van der Waals surface area (Å²) in [6.07, 6.45) is 3.02. The van der Waals surface area contributed by atoms with Crippen molar-refractivity contribution in [2.45, 2.75) is 25.9 Å². The Morgan fingerprint density at radius 1 is 1.64 bits per heavy atom. The van der Waals surface area contributed by atoms with Gasteiger partial charge < -0.3 is 9.73 Å². The third-order valence-electron chi connectivity index (χ3n) is 3.02. The number of nitrogens with one attached hydrogen (secondary N) is 1. The monoisotopic (exact) mass is 194 g/mol. The number of hydrogen-bond acceptors (Lipinski definition) is 3. The van der Waals surface area contributed by atoms with Crippen LogP contribution < -0.4 is 5.32 Å². The fraction of sp³-hybridized carbons (Fsp3) is 0.636. The van der Waals surface area contributed by atoms with Crippen molar-refractivity contribution in [3.05, 3.63) is 23.7 Å². The standard InChI is InChI=1S/C11H18N2O/c1-9-4-6-14-11(9)8-13(2)10-3-5-12-7-10/h4,6,10,12H,3,5,7-8H2,1-2H3. The lowest BCUT2D eigenvalue weighted by molar-refractivity contribution is 0.228. The number of aryl methyl sites for hydroxylation is 1. The van der Waals surface area contributed by atoms with Crippen molar-refractivity contribution in [2.75, 3.05) is 20.1 Å². The molecule has 0 aliphatic carbocycles. The fourth-order valence-electron chi connectivity index (χ4n) is 1.94. The number of nitrogens with zero attached hydrogens (tertiary/aromatic N) is 1. The minimum absolute atomic E-state index is 0.666. The molecule has 0 aromatic carbocycles. The molecule has 1 fully saturated rings. The highest BCUT2D eigenvalue weighted by Gasteiger charge is 2.20. The van der Waals surface area contributed by atoms with Crippen molar-refractivity contribution >= 4 is 0 Å². The van der Waals surface area contributed by atoms with Gasteiger partial charge in [0, 0.05) is 12.6 Å². The van der Waals surface area contributed by atoms with Crippen molar-refractivity contribution in [1.82, 2.24) is 10.2 Å². The first-order valence-electron chi connectivity index (χ1n) is 5.21. The highest BCUT2D eigenvalue weighted by Crippen LogP contribution is 2.14. The number of furan rings is 1. The van der Waals surface area contributed by atoms with Crippen LogP contribution in [0.4, 0.5) is 0 Å². The van der Waals surface area contributed by atoms with Crippen molar-refractivity contribution in [3.8, 4) is 0 Å². The molecular formula is C11H18N2O. The van der Waals surface area contributed by atoms with Gasteiger partial charge in [-0.25, -0.2) is 0 Å². The van der Waals surface area contributed by atoms with Gasteiger partial charge in [0.1, 0.15) is 5.76 Å². The quantitative estimate of drug-likeness (QED) is 0.788. The van der Waals surface area contributed by atoms with E-state index in [0.717, 1.165) is 25.4 Å². The molecule has 1 saturated heterocycles. The van der Waals surface area contributed by atoms with Crippen LogP contribution in [0.5, 0.6) is 0 Å². The third kappa shape index (κ3) is 1.99. The Hall–Kier alpha value is -0.800. The lowest BCUT2D eigenvalue weighted by Gasteiger charge is -2.22. The van der Waals surface area contributed by atoms with Crippen LogP contribution in [0.25, 0.3) is 0 Å². The van der Waals surface area contributed by atoms with Crippen LogP contribution in [0.3, 0.4) is 0 Å². The molecule has 0 bridgehead atoms. The summed E-state index contributed by atoms with van der Waals surface area (Å²) < 4.78 is 5.43. The van der Waals surface area contributed by atoms with Crippen LogP contribution in [0.15, 0.2) is 16.7 Å². The Morgan fingerprint density at radius 3 is 3.07 bits per heavy atom. The summed E-state index contributed by atoms with van der Waals surface area (Å²) in [7, 11) is 2.17. The van der Waals surface area contributed by atoms with E-state index in [1.54, 1.807) is 6.26 Å². The first-order valence-corrected chi connectivity index (χ1v) is 5.21. The summed E-state index contributed by atoms with van der Waals surface area (Å²) >= 11 is 0. The molecule has 0 radical (unpaired) electrons. The van der Waals surface area contributed by atoms with Crippen LogP contribution in [-0.4, -0.2) is 31.1 Å². The molecule has 1 aromatic rings. The molecule has 1 aromatic heterocycles. The molecule has 2 rings (SSSR count). The normalized spacial score (nSPS) is 22.1. The molecule has 78 valence electrons. The molecule has 1 aliphatic rings. The van der Waals surface area contributed by atoms with E-state index in [4.69, 9.17) is 4.42 Å². The molecule has 3 heteroatoms. The average Bonchev–Trinajstić information content (AvgIpc) is 2.77. The van der Waals surface area contributed by atoms with Crippen molar-refractivity contribution in [1.29, 1.82) is 0 Å². The highest BCUT2D eigenvalue weighted by atomic mass is 16.3. The lowest BCUT2D eigenvalue weighted by Crippen LogP contribution is -2.32. The van der Waals surface area contributed by atoms with E-state index in [0.29, 0.717) is 6.04 Å². The van der Waals surface area contributed by atoms with E-state index >= 15 is 0 Å². The second kappa shape index (κ2) is 4.15. The smallest absolute Gasteiger partial charge is 0.120 e. The number of likely N-dealkylation sites (N-methyl/N-ethyl adjacent to an activating group) is 1. The van der Waals surface area contributed by atoms with Gasteiger partial charge in [0.25, 0.3) is 0 Å². The topological polar surface area (TPSA) is 28.4 Å². The predicted molar refractivity (Wildman–Crippen MR) is 56.2 cm³/mol. The molecule has 1 aliphatic heterocycles. The molecule has 14 heavy (non-hydrogen) atoms. The minimum atomic E-state index is 0.666.